The molecule has 0 radical (unpaired) electrons. The van der Waals surface area contributed by atoms with Gasteiger partial charge in [-0.1, -0.05) is 37.3 Å². The van der Waals surface area contributed by atoms with Gasteiger partial charge in [-0.2, -0.15) is 0 Å². The molecule has 2 aromatic rings. The molecule has 5 nitrogen and oxygen atoms in total. The molecule has 1 aromatic heterocycles. The lowest BCUT2D eigenvalue weighted by molar-refractivity contribution is -0.137. The molecule has 122 valence electrons. The second-order valence-corrected chi connectivity index (χ2v) is 4.98. The fraction of sp³-hybridized carbons (Fsp3) is 0.333. The zero-order chi connectivity index (χ0) is 16.5. The summed E-state index contributed by atoms with van der Waals surface area (Å²) in [5.41, 5.74) is 1.93. The SMILES string of the molecule is CCCOc1cc(/C=C/C(=O)OCC)n(Cc2ccccc2)n1. The van der Waals surface area contributed by atoms with Gasteiger partial charge in [-0.15, -0.1) is 5.10 Å². The van der Waals surface area contributed by atoms with Crippen molar-refractivity contribution in [2.24, 2.45) is 0 Å². The Morgan fingerprint density at radius 3 is 2.74 bits per heavy atom. The summed E-state index contributed by atoms with van der Waals surface area (Å²) in [6.07, 6.45) is 4.03. The lowest BCUT2D eigenvalue weighted by atomic mass is 10.2. The van der Waals surface area contributed by atoms with Gasteiger partial charge in [0.05, 0.1) is 25.5 Å². The molecule has 0 aliphatic rings. The summed E-state index contributed by atoms with van der Waals surface area (Å²) >= 11 is 0. The number of carbonyl (C=O) groups is 1. The fourth-order valence-electron chi connectivity index (χ4n) is 2.04. The van der Waals surface area contributed by atoms with Crippen LogP contribution >= 0.6 is 0 Å². The molecule has 0 saturated heterocycles. The van der Waals surface area contributed by atoms with E-state index in [2.05, 4.69) is 5.10 Å². The molecular formula is C18H22N2O3. The van der Waals surface area contributed by atoms with Crippen LogP contribution in [0.4, 0.5) is 0 Å². The van der Waals surface area contributed by atoms with E-state index in [1.165, 1.54) is 6.08 Å². The van der Waals surface area contributed by atoms with Gasteiger partial charge in [-0.05, 0) is 25.0 Å². The maximum atomic E-state index is 11.5. The van der Waals surface area contributed by atoms with Crippen molar-refractivity contribution < 1.29 is 14.3 Å². The van der Waals surface area contributed by atoms with Crippen molar-refractivity contribution in [3.05, 3.63) is 53.7 Å². The molecule has 1 heterocycles. The first kappa shape index (κ1) is 16.8. The Morgan fingerprint density at radius 2 is 2.04 bits per heavy atom. The minimum absolute atomic E-state index is 0.358. The van der Waals surface area contributed by atoms with Gasteiger partial charge in [0, 0.05) is 12.1 Å². The van der Waals surface area contributed by atoms with Gasteiger partial charge in [-0.25, -0.2) is 4.79 Å². The second kappa shape index (κ2) is 8.78. The molecule has 0 amide bonds. The predicted molar refractivity (Wildman–Crippen MR) is 89.2 cm³/mol. The lowest BCUT2D eigenvalue weighted by Crippen LogP contribution is -2.05. The van der Waals surface area contributed by atoms with Crippen LogP contribution in [0.5, 0.6) is 5.88 Å². The summed E-state index contributed by atoms with van der Waals surface area (Å²) in [6, 6.07) is 11.8. The van der Waals surface area contributed by atoms with Gasteiger partial charge < -0.3 is 9.47 Å². The van der Waals surface area contributed by atoms with Crippen LogP contribution < -0.4 is 4.74 Å². The van der Waals surface area contributed by atoms with Gasteiger partial charge in [0.15, 0.2) is 0 Å². The molecule has 5 heteroatoms. The number of esters is 1. The molecule has 0 spiro atoms. The summed E-state index contributed by atoms with van der Waals surface area (Å²) in [4.78, 5) is 11.5. The van der Waals surface area contributed by atoms with Crippen molar-refractivity contribution in [3.63, 3.8) is 0 Å². The highest BCUT2D eigenvalue weighted by molar-refractivity contribution is 5.86. The number of carbonyl (C=O) groups excluding carboxylic acids is 1. The minimum atomic E-state index is -0.365. The van der Waals surface area contributed by atoms with E-state index < -0.39 is 0 Å². The van der Waals surface area contributed by atoms with E-state index in [4.69, 9.17) is 9.47 Å². The van der Waals surface area contributed by atoms with Crippen molar-refractivity contribution in [2.45, 2.75) is 26.8 Å². The van der Waals surface area contributed by atoms with Crippen molar-refractivity contribution in [3.8, 4) is 5.88 Å². The summed E-state index contributed by atoms with van der Waals surface area (Å²) in [5.74, 6) is 0.197. The number of hydrogen-bond acceptors (Lipinski definition) is 4. The van der Waals surface area contributed by atoms with Gasteiger partial charge in [0.2, 0.25) is 5.88 Å². The number of nitrogens with zero attached hydrogens (tertiary/aromatic N) is 2. The summed E-state index contributed by atoms with van der Waals surface area (Å²) in [6.45, 7) is 5.41. The molecule has 0 bridgehead atoms. The van der Waals surface area contributed by atoms with E-state index >= 15 is 0 Å². The Balaban J connectivity index is 2.19. The summed E-state index contributed by atoms with van der Waals surface area (Å²) in [7, 11) is 0. The highest BCUT2D eigenvalue weighted by atomic mass is 16.5. The quantitative estimate of drug-likeness (QED) is 0.554. The summed E-state index contributed by atoms with van der Waals surface area (Å²) in [5, 5.41) is 4.46. The second-order valence-electron chi connectivity index (χ2n) is 4.98. The first-order valence-corrected chi connectivity index (χ1v) is 7.82. The first-order valence-electron chi connectivity index (χ1n) is 7.82. The molecule has 0 saturated carbocycles. The number of rotatable bonds is 8. The third-order valence-corrected chi connectivity index (χ3v) is 3.09. The highest BCUT2D eigenvalue weighted by Gasteiger charge is 2.08. The number of benzene rings is 1. The van der Waals surface area contributed by atoms with Crippen molar-refractivity contribution >= 4 is 12.0 Å². The van der Waals surface area contributed by atoms with E-state index in [-0.39, 0.29) is 5.97 Å². The maximum absolute atomic E-state index is 11.5. The average Bonchev–Trinajstić information content (AvgIpc) is 2.94. The number of ether oxygens (including phenoxy) is 2. The van der Waals surface area contributed by atoms with Crippen LogP contribution in [0.1, 0.15) is 31.5 Å². The molecule has 1 aromatic carbocycles. The molecule has 0 fully saturated rings. The third-order valence-electron chi connectivity index (χ3n) is 3.09. The Morgan fingerprint density at radius 1 is 1.26 bits per heavy atom. The van der Waals surface area contributed by atoms with Crippen LogP contribution in [0.2, 0.25) is 0 Å². The first-order chi connectivity index (χ1) is 11.2. The molecule has 0 N–H and O–H groups in total. The monoisotopic (exact) mass is 314 g/mol. The normalized spacial score (nSPS) is 10.9. The maximum Gasteiger partial charge on any atom is 0.330 e. The average molecular weight is 314 g/mol. The van der Waals surface area contributed by atoms with E-state index in [0.29, 0.717) is 25.6 Å². The largest absolute Gasteiger partial charge is 0.477 e. The predicted octanol–water partition coefficient (Wildman–Crippen LogP) is 3.30. The fourth-order valence-corrected chi connectivity index (χ4v) is 2.04. The zero-order valence-corrected chi connectivity index (χ0v) is 13.6. The zero-order valence-electron chi connectivity index (χ0n) is 13.6. The Bertz CT molecular complexity index is 648. The van der Waals surface area contributed by atoms with Crippen LogP contribution in [-0.2, 0) is 16.1 Å². The van der Waals surface area contributed by atoms with Crippen LogP contribution in [-0.4, -0.2) is 29.0 Å². The molecule has 0 aliphatic carbocycles. The van der Waals surface area contributed by atoms with E-state index in [0.717, 1.165) is 17.7 Å². The van der Waals surface area contributed by atoms with Crippen LogP contribution in [0.3, 0.4) is 0 Å². The van der Waals surface area contributed by atoms with Gasteiger partial charge >= 0.3 is 5.97 Å². The van der Waals surface area contributed by atoms with Crippen LogP contribution in [0, 0.1) is 0 Å². The topological polar surface area (TPSA) is 53.4 Å². The Kier molecular flexibility index (Phi) is 6.41. The minimum Gasteiger partial charge on any atom is -0.477 e. The Hall–Kier alpha value is -2.56. The molecule has 0 atom stereocenters. The van der Waals surface area contributed by atoms with Crippen LogP contribution in [0.25, 0.3) is 6.08 Å². The standard InChI is InChI=1S/C18H22N2O3/c1-3-12-23-17-13-16(10-11-18(21)22-4-2)20(19-17)14-15-8-6-5-7-9-15/h5-11,13H,3-4,12,14H2,1-2H3/b11-10+. The smallest absolute Gasteiger partial charge is 0.330 e. The Labute approximate surface area is 136 Å². The lowest BCUT2D eigenvalue weighted by Gasteiger charge is -2.04. The number of aromatic nitrogens is 2. The van der Waals surface area contributed by atoms with E-state index in [1.54, 1.807) is 13.0 Å². The van der Waals surface area contributed by atoms with E-state index in [9.17, 15) is 4.79 Å². The molecule has 2 rings (SSSR count). The van der Waals surface area contributed by atoms with Gasteiger partial charge in [0.25, 0.3) is 0 Å². The van der Waals surface area contributed by atoms with Gasteiger partial charge in [0.1, 0.15) is 0 Å². The van der Waals surface area contributed by atoms with Crippen LogP contribution in [0.15, 0.2) is 42.5 Å². The molecule has 0 unspecified atom stereocenters. The highest BCUT2D eigenvalue weighted by Crippen LogP contribution is 2.16. The number of hydrogen-bond donors (Lipinski definition) is 0. The van der Waals surface area contributed by atoms with Crippen molar-refractivity contribution in [1.82, 2.24) is 9.78 Å². The molecule has 0 aliphatic heterocycles. The van der Waals surface area contributed by atoms with Crippen molar-refractivity contribution in [2.75, 3.05) is 13.2 Å². The van der Waals surface area contributed by atoms with Gasteiger partial charge in [-0.3, -0.25) is 4.68 Å². The van der Waals surface area contributed by atoms with Crippen molar-refractivity contribution in [1.29, 1.82) is 0 Å². The third kappa shape index (κ3) is 5.29. The summed E-state index contributed by atoms with van der Waals surface area (Å²) < 4.78 is 12.3. The van der Waals surface area contributed by atoms with E-state index in [1.807, 2.05) is 48.0 Å². The molecular weight excluding hydrogens is 292 g/mol. The molecule has 23 heavy (non-hydrogen) atoms.